The monoisotopic (exact) mass is 232 g/mol. The van der Waals surface area contributed by atoms with E-state index < -0.39 is 5.03 Å². The van der Waals surface area contributed by atoms with Crippen molar-refractivity contribution >= 4 is 10.9 Å². The third-order valence-corrected chi connectivity index (χ3v) is 1.94. The van der Waals surface area contributed by atoms with Crippen LogP contribution in [-0.4, -0.2) is 30.3 Å². The van der Waals surface area contributed by atoms with Gasteiger partial charge in [0, 0.05) is 9.89 Å². The van der Waals surface area contributed by atoms with Crippen LogP contribution in [0, 0.1) is 10.1 Å². The standard InChI is InChI=1S/C7H5N3O2.C2H3N3/c11-10(12)9-7-4-2-1-3-6(7)5-8-9;1-2-4-5-3-1/h1-5H;1-2H,(H,3,4,5). The van der Waals surface area contributed by atoms with Crippen molar-refractivity contribution in [2.24, 2.45) is 0 Å². The zero-order valence-corrected chi connectivity index (χ0v) is 8.59. The number of aromatic amines is 1. The van der Waals surface area contributed by atoms with E-state index in [1.807, 2.05) is 6.07 Å². The number of aromatic nitrogens is 5. The second kappa shape index (κ2) is 4.84. The Balaban J connectivity index is 0.000000181. The molecule has 8 nitrogen and oxygen atoms in total. The maximum absolute atomic E-state index is 10.4. The van der Waals surface area contributed by atoms with Crippen LogP contribution in [0.4, 0.5) is 0 Å². The fraction of sp³-hybridized carbons (Fsp3) is 0. The fourth-order valence-electron chi connectivity index (χ4n) is 1.25. The van der Waals surface area contributed by atoms with Crippen LogP contribution in [0.3, 0.4) is 0 Å². The number of benzene rings is 1. The summed E-state index contributed by atoms with van der Waals surface area (Å²) in [5.41, 5.74) is 0.516. The zero-order chi connectivity index (χ0) is 12.1. The summed E-state index contributed by atoms with van der Waals surface area (Å²) >= 11 is 0. The van der Waals surface area contributed by atoms with Crippen LogP contribution in [0.5, 0.6) is 0 Å². The van der Waals surface area contributed by atoms with E-state index in [0.29, 0.717) is 5.52 Å². The van der Waals surface area contributed by atoms with Crippen molar-refractivity contribution in [3.63, 3.8) is 0 Å². The second-order valence-electron chi connectivity index (χ2n) is 2.99. The third-order valence-electron chi connectivity index (χ3n) is 1.94. The molecule has 2 aromatic heterocycles. The molecule has 2 heterocycles. The number of hydrogen-bond donors (Lipinski definition) is 1. The van der Waals surface area contributed by atoms with Crippen LogP contribution in [0.2, 0.25) is 0 Å². The maximum atomic E-state index is 10.4. The van der Waals surface area contributed by atoms with Crippen molar-refractivity contribution in [2.45, 2.75) is 0 Å². The van der Waals surface area contributed by atoms with Gasteiger partial charge < -0.3 is 10.1 Å². The lowest BCUT2D eigenvalue weighted by Gasteiger charge is -1.91. The van der Waals surface area contributed by atoms with Crippen molar-refractivity contribution in [1.82, 2.24) is 25.3 Å². The van der Waals surface area contributed by atoms with E-state index in [-0.39, 0.29) is 0 Å². The minimum atomic E-state index is -0.553. The highest BCUT2D eigenvalue weighted by molar-refractivity contribution is 5.77. The summed E-state index contributed by atoms with van der Waals surface area (Å²) in [5, 5.41) is 23.5. The van der Waals surface area contributed by atoms with Gasteiger partial charge in [0.1, 0.15) is 5.52 Å². The molecule has 17 heavy (non-hydrogen) atoms. The Morgan fingerprint density at radius 1 is 1.24 bits per heavy atom. The average Bonchev–Trinajstić information content (AvgIpc) is 3.02. The Bertz CT molecular complexity index is 586. The summed E-state index contributed by atoms with van der Waals surface area (Å²) in [5.74, 6) is 0. The van der Waals surface area contributed by atoms with Gasteiger partial charge in [0.2, 0.25) is 0 Å². The molecule has 0 radical (unpaired) electrons. The normalized spacial score (nSPS) is 9.65. The van der Waals surface area contributed by atoms with Crippen molar-refractivity contribution < 1.29 is 5.03 Å². The van der Waals surface area contributed by atoms with Crippen LogP contribution < -0.4 is 0 Å². The maximum Gasteiger partial charge on any atom is 0.175 e. The van der Waals surface area contributed by atoms with E-state index in [1.54, 1.807) is 30.6 Å². The number of nitro groups is 1. The predicted octanol–water partition coefficient (Wildman–Crippen LogP) is 0.881. The van der Waals surface area contributed by atoms with Gasteiger partial charge in [-0.2, -0.15) is 15.4 Å². The molecule has 0 saturated heterocycles. The topological polar surface area (TPSA) is 103 Å². The summed E-state index contributed by atoms with van der Waals surface area (Å²) < 4.78 is 0. The lowest BCUT2D eigenvalue weighted by Crippen LogP contribution is -2.09. The van der Waals surface area contributed by atoms with Gasteiger partial charge in [0.05, 0.1) is 22.8 Å². The van der Waals surface area contributed by atoms with E-state index in [1.165, 1.54) is 6.20 Å². The second-order valence-corrected chi connectivity index (χ2v) is 2.99. The molecule has 0 fully saturated rings. The molecule has 0 aliphatic carbocycles. The molecular weight excluding hydrogens is 224 g/mol. The lowest BCUT2D eigenvalue weighted by molar-refractivity contribution is -0.548. The SMILES string of the molecule is O=[N+]([O-])n1ncc2ccccc21.c1cn[nH]n1. The van der Waals surface area contributed by atoms with Gasteiger partial charge in [-0.15, -0.1) is 0 Å². The zero-order valence-electron chi connectivity index (χ0n) is 8.59. The molecule has 0 unspecified atom stereocenters. The summed E-state index contributed by atoms with van der Waals surface area (Å²) in [6.07, 6.45) is 4.64. The molecule has 86 valence electrons. The number of hydrogen-bond acceptors (Lipinski definition) is 5. The number of nitrogens with zero attached hydrogens (tertiary/aromatic N) is 5. The van der Waals surface area contributed by atoms with Gasteiger partial charge >= 0.3 is 0 Å². The fourth-order valence-corrected chi connectivity index (χ4v) is 1.25. The first-order valence-corrected chi connectivity index (χ1v) is 4.66. The largest absolute Gasteiger partial charge is 0.339 e. The first-order valence-electron chi connectivity index (χ1n) is 4.66. The number of H-pyrrole nitrogens is 1. The minimum Gasteiger partial charge on any atom is -0.339 e. The van der Waals surface area contributed by atoms with E-state index in [0.717, 1.165) is 10.2 Å². The Morgan fingerprint density at radius 3 is 2.53 bits per heavy atom. The molecule has 0 aliphatic rings. The summed E-state index contributed by atoms with van der Waals surface area (Å²) in [4.78, 5) is 11.1. The van der Waals surface area contributed by atoms with E-state index >= 15 is 0 Å². The van der Waals surface area contributed by atoms with Crippen molar-refractivity contribution in [3.8, 4) is 0 Å². The molecular formula is C9H8N6O2. The molecule has 8 heteroatoms. The van der Waals surface area contributed by atoms with E-state index in [2.05, 4.69) is 20.5 Å². The molecule has 0 bridgehead atoms. The molecule has 3 rings (SSSR count). The summed E-state index contributed by atoms with van der Waals surface area (Å²) in [6.45, 7) is 0. The quantitative estimate of drug-likeness (QED) is 0.495. The minimum absolute atomic E-state index is 0.516. The Morgan fingerprint density at radius 2 is 1.94 bits per heavy atom. The van der Waals surface area contributed by atoms with Crippen molar-refractivity contribution in [1.29, 1.82) is 0 Å². The van der Waals surface area contributed by atoms with Crippen LogP contribution >= 0.6 is 0 Å². The highest BCUT2D eigenvalue weighted by atomic mass is 16.7. The molecule has 0 spiro atoms. The van der Waals surface area contributed by atoms with Gasteiger partial charge in [-0.05, 0) is 12.1 Å². The highest BCUT2D eigenvalue weighted by Crippen LogP contribution is 2.11. The number of fused-ring (bicyclic) bond motifs is 1. The Kier molecular flexibility index (Phi) is 3.05. The van der Waals surface area contributed by atoms with E-state index in [4.69, 9.17) is 0 Å². The first kappa shape index (κ1) is 10.7. The highest BCUT2D eigenvalue weighted by Gasteiger charge is 2.08. The summed E-state index contributed by atoms with van der Waals surface area (Å²) in [6, 6.07) is 6.99. The summed E-state index contributed by atoms with van der Waals surface area (Å²) in [7, 11) is 0. The van der Waals surface area contributed by atoms with Gasteiger partial charge in [-0.1, -0.05) is 12.1 Å². The molecule has 1 N–H and O–H groups in total. The van der Waals surface area contributed by atoms with Crippen LogP contribution in [0.1, 0.15) is 0 Å². The molecule has 0 saturated carbocycles. The Labute approximate surface area is 95.0 Å². The van der Waals surface area contributed by atoms with Gasteiger partial charge in [-0.3, -0.25) is 0 Å². The number of nitrogens with one attached hydrogen (secondary N) is 1. The van der Waals surface area contributed by atoms with Crippen LogP contribution in [0.25, 0.3) is 10.9 Å². The van der Waals surface area contributed by atoms with E-state index in [9.17, 15) is 10.1 Å². The molecule has 0 aliphatic heterocycles. The Hall–Kier alpha value is -2.77. The van der Waals surface area contributed by atoms with Gasteiger partial charge in [0.25, 0.3) is 0 Å². The van der Waals surface area contributed by atoms with Crippen LogP contribution in [0.15, 0.2) is 42.9 Å². The van der Waals surface area contributed by atoms with Crippen molar-refractivity contribution in [2.75, 3.05) is 0 Å². The number of rotatable bonds is 1. The van der Waals surface area contributed by atoms with Gasteiger partial charge in [-0.25, -0.2) is 0 Å². The van der Waals surface area contributed by atoms with Gasteiger partial charge in [0.15, 0.2) is 6.20 Å². The molecule has 1 aromatic carbocycles. The predicted molar refractivity (Wildman–Crippen MR) is 58.5 cm³/mol. The molecule has 3 aromatic rings. The smallest absolute Gasteiger partial charge is 0.175 e. The average molecular weight is 232 g/mol. The molecule has 0 atom stereocenters. The number of para-hydroxylation sites is 1. The molecule has 0 amide bonds. The van der Waals surface area contributed by atoms with Crippen molar-refractivity contribution in [3.05, 3.63) is 53.0 Å². The lowest BCUT2D eigenvalue weighted by atomic mass is 10.3. The third kappa shape index (κ3) is 2.43. The first-order chi connectivity index (χ1) is 8.29. The van der Waals surface area contributed by atoms with Crippen LogP contribution in [-0.2, 0) is 0 Å².